The summed E-state index contributed by atoms with van der Waals surface area (Å²) in [7, 11) is 0. The highest BCUT2D eigenvalue weighted by atomic mass is 32.2. The van der Waals surface area contributed by atoms with Gasteiger partial charge >= 0.3 is 0 Å². The SMILES string of the molecule is CSc1ccc(C(=O)C(F)n2cncn2)cc1. The van der Waals surface area contributed by atoms with E-state index in [4.69, 9.17) is 0 Å². The highest BCUT2D eigenvalue weighted by Crippen LogP contribution is 2.19. The van der Waals surface area contributed by atoms with Crippen LogP contribution in [0.1, 0.15) is 16.7 Å². The molecule has 1 atom stereocenters. The zero-order valence-electron chi connectivity index (χ0n) is 9.08. The standard InChI is InChI=1S/C11H10FN3OS/c1-17-9-4-2-8(3-5-9)10(16)11(12)15-7-13-6-14-15/h2-7,11H,1H3. The predicted molar refractivity (Wildman–Crippen MR) is 62.7 cm³/mol. The molecule has 0 aliphatic heterocycles. The summed E-state index contributed by atoms with van der Waals surface area (Å²) >= 11 is 1.56. The molecule has 1 aromatic carbocycles. The Morgan fingerprint density at radius 1 is 1.41 bits per heavy atom. The van der Waals surface area contributed by atoms with E-state index in [1.54, 1.807) is 36.0 Å². The molecule has 0 bridgehead atoms. The summed E-state index contributed by atoms with van der Waals surface area (Å²) in [4.78, 5) is 16.4. The fourth-order valence-corrected chi connectivity index (χ4v) is 1.76. The second-order valence-electron chi connectivity index (χ2n) is 3.30. The molecule has 1 unspecified atom stereocenters. The Kier molecular flexibility index (Phi) is 3.53. The van der Waals surface area contributed by atoms with Crippen LogP contribution in [-0.4, -0.2) is 26.8 Å². The molecule has 0 fully saturated rings. The molecule has 17 heavy (non-hydrogen) atoms. The molecule has 6 heteroatoms. The van der Waals surface area contributed by atoms with Crippen LogP contribution in [0.4, 0.5) is 4.39 Å². The van der Waals surface area contributed by atoms with Gasteiger partial charge in [0.1, 0.15) is 12.7 Å². The number of hydrogen-bond acceptors (Lipinski definition) is 4. The Labute approximate surface area is 102 Å². The van der Waals surface area contributed by atoms with Gasteiger partial charge in [-0.1, -0.05) is 12.1 Å². The summed E-state index contributed by atoms with van der Waals surface area (Å²) < 4.78 is 14.6. The fourth-order valence-electron chi connectivity index (χ4n) is 1.35. The Hall–Kier alpha value is -1.69. The van der Waals surface area contributed by atoms with Gasteiger partial charge in [0.25, 0.3) is 6.30 Å². The Morgan fingerprint density at radius 3 is 2.65 bits per heavy atom. The minimum absolute atomic E-state index is 0.325. The van der Waals surface area contributed by atoms with Crippen LogP contribution < -0.4 is 0 Å². The molecule has 0 spiro atoms. The van der Waals surface area contributed by atoms with Crippen molar-refractivity contribution in [2.45, 2.75) is 11.2 Å². The van der Waals surface area contributed by atoms with Crippen LogP contribution in [0.15, 0.2) is 41.8 Å². The maximum Gasteiger partial charge on any atom is 0.255 e. The highest BCUT2D eigenvalue weighted by Gasteiger charge is 2.21. The quantitative estimate of drug-likeness (QED) is 0.618. The average Bonchev–Trinajstić information content (AvgIpc) is 2.91. The molecular formula is C11H10FN3OS. The van der Waals surface area contributed by atoms with E-state index in [-0.39, 0.29) is 0 Å². The van der Waals surface area contributed by atoms with Crippen molar-refractivity contribution in [3.63, 3.8) is 0 Å². The van der Waals surface area contributed by atoms with E-state index in [2.05, 4.69) is 10.1 Å². The summed E-state index contributed by atoms with van der Waals surface area (Å²) in [6.45, 7) is 0. The molecule has 0 aliphatic carbocycles. The van der Waals surface area contributed by atoms with Crippen LogP contribution in [0, 0.1) is 0 Å². The highest BCUT2D eigenvalue weighted by molar-refractivity contribution is 7.98. The first kappa shape index (κ1) is 11.8. The number of carbonyl (C=O) groups is 1. The lowest BCUT2D eigenvalue weighted by Crippen LogP contribution is -2.15. The first-order valence-corrected chi connectivity index (χ1v) is 6.11. The van der Waals surface area contributed by atoms with Crippen LogP contribution in [0.3, 0.4) is 0 Å². The maximum absolute atomic E-state index is 13.7. The molecule has 2 rings (SSSR count). The average molecular weight is 251 g/mol. The van der Waals surface area contributed by atoms with Crippen molar-refractivity contribution >= 4 is 17.5 Å². The Balaban J connectivity index is 2.19. The smallest absolute Gasteiger partial charge is 0.255 e. The van der Waals surface area contributed by atoms with E-state index in [1.165, 1.54) is 12.7 Å². The molecule has 4 nitrogen and oxygen atoms in total. The van der Waals surface area contributed by atoms with Gasteiger partial charge in [-0.05, 0) is 18.4 Å². The molecule has 1 heterocycles. The van der Waals surface area contributed by atoms with Crippen LogP contribution in [-0.2, 0) is 0 Å². The van der Waals surface area contributed by atoms with E-state index < -0.39 is 12.1 Å². The summed E-state index contributed by atoms with van der Waals surface area (Å²) in [5, 5.41) is 3.60. The van der Waals surface area contributed by atoms with Crippen molar-refractivity contribution in [3.05, 3.63) is 42.5 Å². The number of halogens is 1. The lowest BCUT2D eigenvalue weighted by molar-refractivity contribution is 0.0778. The first-order chi connectivity index (χ1) is 8.22. The van der Waals surface area contributed by atoms with Gasteiger partial charge < -0.3 is 0 Å². The summed E-state index contributed by atoms with van der Waals surface area (Å²) in [5.41, 5.74) is 0.325. The summed E-state index contributed by atoms with van der Waals surface area (Å²) in [5.74, 6) is -0.622. The number of ketones is 1. The van der Waals surface area contributed by atoms with Crippen LogP contribution >= 0.6 is 11.8 Å². The third-order valence-corrected chi connectivity index (χ3v) is 3.00. The largest absolute Gasteiger partial charge is 0.289 e. The molecule has 0 amide bonds. The zero-order chi connectivity index (χ0) is 12.3. The molecule has 0 saturated carbocycles. The minimum atomic E-state index is -1.82. The fraction of sp³-hybridized carbons (Fsp3) is 0.182. The van der Waals surface area contributed by atoms with Gasteiger partial charge in [0.05, 0.1) is 0 Å². The Morgan fingerprint density at radius 2 is 2.12 bits per heavy atom. The van der Waals surface area contributed by atoms with Crippen LogP contribution in [0.5, 0.6) is 0 Å². The van der Waals surface area contributed by atoms with E-state index in [0.717, 1.165) is 9.58 Å². The molecule has 1 aromatic heterocycles. The van der Waals surface area contributed by atoms with E-state index in [0.29, 0.717) is 5.56 Å². The zero-order valence-corrected chi connectivity index (χ0v) is 9.89. The van der Waals surface area contributed by atoms with Gasteiger partial charge in [-0.2, -0.15) is 5.10 Å². The molecular weight excluding hydrogens is 241 g/mol. The maximum atomic E-state index is 13.7. The van der Waals surface area contributed by atoms with E-state index >= 15 is 0 Å². The molecule has 0 aliphatic rings. The number of Topliss-reactive ketones (excluding diaryl/α,β-unsaturated/α-hetero) is 1. The number of thioether (sulfide) groups is 1. The van der Waals surface area contributed by atoms with E-state index in [1.807, 2.05) is 6.26 Å². The number of hydrogen-bond donors (Lipinski definition) is 0. The molecule has 88 valence electrons. The Bertz CT molecular complexity index is 498. The van der Waals surface area contributed by atoms with Crippen molar-refractivity contribution in [2.75, 3.05) is 6.26 Å². The molecule has 0 radical (unpaired) electrons. The van der Waals surface area contributed by atoms with Gasteiger partial charge in [0, 0.05) is 10.5 Å². The summed E-state index contributed by atoms with van der Waals surface area (Å²) in [6.07, 6.45) is 2.48. The minimum Gasteiger partial charge on any atom is -0.289 e. The second kappa shape index (κ2) is 5.09. The molecule has 2 aromatic rings. The van der Waals surface area contributed by atoms with Gasteiger partial charge in [-0.15, -0.1) is 11.8 Å². The van der Waals surface area contributed by atoms with Crippen molar-refractivity contribution in [2.24, 2.45) is 0 Å². The monoisotopic (exact) mass is 251 g/mol. The first-order valence-electron chi connectivity index (χ1n) is 4.89. The third kappa shape index (κ3) is 2.52. The number of aromatic nitrogens is 3. The normalized spacial score (nSPS) is 12.4. The third-order valence-electron chi connectivity index (χ3n) is 2.26. The molecule has 0 saturated heterocycles. The van der Waals surface area contributed by atoms with Crippen LogP contribution in [0.2, 0.25) is 0 Å². The topological polar surface area (TPSA) is 47.8 Å². The second-order valence-corrected chi connectivity index (χ2v) is 4.18. The van der Waals surface area contributed by atoms with Gasteiger partial charge in [0.2, 0.25) is 5.78 Å². The number of carbonyl (C=O) groups excluding carboxylic acids is 1. The predicted octanol–water partition coefficient (Wildman–Crippen LogP) is 2.35. The van der Waals surface area contributed by atoms with Crippen molar-refractivity contribution < 1.29 is 9.18 Å². The number of nitrogens with zero attached hydrogens (tertiary/aromatic N) is 3. The number of benzene rings is 1. The lowest BCUT2D eigenvalue weighted by atomic mass is 10.1. The number of rotatable bonds is 4. The summed E-state index contributed by atoms with van der Waals surface area (Å²) in [6, 6.07) is 6.78. The van der Waals surface area contributed by atoms with Gasteiger partial charge in [-0.25, -0.2) is 14.1 Å². The van der Waals surface area contributed by atoms with E-state index in [9.17, 15) is 9.18 Å². The molecule has 0 N–H and O–H groups in total. The van der Waals surface area contributed by atoms with Crippen molar-refractivity contribution in [3.8, 4) is 0 Å². The van der Waals surface area contributed by atoms with Crippen molar-refractivity contribution in [1.29, 1.82) is 0 Å². The van der Waals surface area contributed by atoms with Crippen LogP contribution in [0.25, 0.3) is 0 Å². The number of alkyl halides is 1. The van der Waals surface area contributed by atoms with Gasteiger partial charge in [-0.3, -0.25) is 4.79 Å². The lowest BCUT2D eigenvalue weighted by Gasteiger charge is -2.07. The van der Waals surface area contributed by atoms with Crippen molar-refractivity contribution in [1.82, 2.24) is 14.8 Å². The van der Waals surface area contributed by atoms with Gasteiger partial charge in [0.15, 0.2) is 0 Å².